The molecule has 0 aliphatic heterocycles. The van der Waals surface area contributed by atoms with Gasteiger partial charge in [0.1, 0.15) is 11.6 Å². The number of aliphatic hydroxyl groups is 1. The molecule has 21 heavy (non-hydrogen) atoms. The molecule has 1 fully saturated rings. The highest BCUT2D eigenvalue weighted by Gasteiger charge is 2.34. The summed E-state index contributed by atoms with van der Waals surface area (Å²) in [7, 11) is 0. The van der Waals surface area contributed by atoms with E-state index in [0.29, 0.717) is 6.42 Å². The van der Waals surface area contributed by atoms with Gasteiger partial charge in [-0.1, -0.05) is 6.07 Å². The fraction of sp³-hybridized carbons (Fsp3) is 0.500. The zero-order valence-corrected chi connectivity index (χ0v) is 12.7. The van der Waals surface area contributed by atoms with Crippen molar-refractivity contribution in [2.24, 2.45) is 5.73 Å². The number of aromatic nitrogens is 3. The summed E-state index contributed by atoms with van der Waals surface area (Å²) in [4.78, 5) is 4.58. The first-order chi connectivity index (χ1) is 9.94. The molecule has 1 aliphatic rings. The molecule has 1 aromatic carbocycles. The second-order valence-electron chi connectivity index (χ2n) is 6.17. The third-order valence-corrected chi connectivity index (χ3v) is 4.13. The zero-order valence-electron chi connectivity index (χ0n) is 12.7. The van der Waals surface area contributed by atoms with Crippen LogP contribution in [0.3, 0.4) is 0 Å². The van der Waals surface area contributed by atoms with Crippen molar-refractivity contribution < 1.29 is 5.11 Å². The van der Waals surface area contributed by atoms with Crippen LogP contribution in [0, 0.1) is 20.8 Å². The molecular formula is C16H22N4O. The number of aryl methyl sites for hydroxylation is 3. The van der Waals surface area contributed by atoms with Gasteiger partial charge in [-0.05, 0) is 56.9 Å². The molecule has 0 amide bonds. The smallest absolute Gasteiger partial charge is 0.148 e. The number of aliphatic hydroxyl groups excluding tert-OH is 1. The highest BCUT2D eigenvalue weighted by molar-refractivity contribution is 5.40. The fourth-order valence-corrected chi connectivity index (χ4v) is 3.22. The maximum Gasteiger partial charge on any atom is 0.148 e. The summed E-state index contributed by atoms with van der Waals surface area (Å²) in [5, 5.41) is 14.4. The maximum atomic E-state index is 9.90. The van der Waals surface area contributed by atoms with E-state index >= 15 is 0 Å². The average Bonchev–Trinajstić information content (AvgIpc) is 2.92. The topological polar surface area (TPSA) is 77.0 Å². The number of rotatable bonds is 2. The Bertz CT molecular complexity index is 634. The lowest BCUT2D eigenvalue weighted by atomic mass is 10.1. The molecule has 3 N–H and O–H groups in total. The van der Waals surface area contributed by atoms with Gasteiger partial charge in [-0.3, -0.25) is 0 Å². The molecule has 0 radical (unpaired) electrons. The molecule has 1 aromatic heterocycles. The molecule has 1 saturated carbocycles. The van der Waals surface area contributed by atoms with E-state index in [1.807, 2.05) is 11.6 Å². The Morgan fingerprint density at radius 3 is 2.38 bits per heavy atom. The Hall–Kier alpha value is -1.72. The molecule has 0 bridgehead atoms. The Morgan fingerprint density at radius 2 is 1.81 bits per heavy atom. The van der Waals surface area contributed by atoms with Crippen LogP contribution in [0.1, 0.15) is 41.5 Å². The molecule has 3 rings (SSSR count). The largest absolute Gasteiger partial charge is 0.391 e. The summed E-state index contributed by atoms with van der Waals surface area (Å²) < 4.78 is 1.91. The van der Waals surface area contributed by atoms with Crippen molar-refractivity contribution in [3.8, 4) is 5.69 Å². The normalized spacial score (nSPS) is 25.5. The number of benzene rings is 1. The second kappa shape index (κ2) is 5.24. The Morgan fingerprint density at radius 1 is 1.14 bits per heavy atom. The van der Waals surface area contributed by atoms with Gasteiger partial charge in [-0.15, -0.1) is 0 Å². The number of nitrogens with two attached hydrogens (primary N) is 1. The molecule has 0 unspecified atom stereocenters. The first kappa shape index (κ1) is 14.2. The number of hydrogen-bond donors (Lipinski definition) is 2. The van der Waals surface area contributed by atoms with Gasteiger partial charge < -0.3 is 10.8 Å². The minimum absolute atomic E-state index is 0.164. The van der Waals surface area contributed by atoms with E-state index in [2.05, 4.69) is 42.1 Å². The van der Waals surface area contributed by atoms with E-state index in [1.54, 1.807) is 0 Å². The monoisotopic (exact) mass is 286 g/mol. The van der Waals surface area contributed by atoms with Gasteiger partial charge in [0.25, 0.3) is 0 Å². The maximum absolute atomic E-state index is 9.90. The zero-order chi connectivity index (χ0) is 15.1. The predicted octanol–water partition coefficient (Wildman–Crippen LogP) is 1.76. The van der Waals surface area contributed by atoms with Gasteiger partial charge in [0, 0.05) is 12.0 Å². The van der Waals surface area contributed by atoms with Gasteiger partial charge in [-0.2, -0.15) is 5.10 Å². The van der Waals surface area contributed by atoms with E-state index in [4.69, 9.17) is 5.73 Å². The summed E-state index contributed by atoms with van der Waals surface area (Å²) in [5.41, 5.74) is 9.37. The van der Waals surface area contributed by atoms with E-state index in [0.717, 1.165) is 23.8 Å². The number of nitrogens with zero attached hydrogens (tertiary/aromatic N) is 3. The SMILES string of the molecule is Cc1cc(C)cc(-n2nc(C)nc2[C@H]2C[C@@H](N)[C@H](O)C2)c1. The lowest BCUT2D eigenvalue weighted by Gasteiger charge is -2.12. The quantitative estimate of drug-likeness (QED) is 0.882. The minimum atomic E-state index is -0.445. The highest BCUT2D eigenvalue weighted by Crippen LogP contribution is 2.34. The molecule has 1 heterocycles. The van der Waals surface area contributed by atoms with Crippen LogP contribution in [0.5, 0.6) is 0 Å². The molecule has 1 aliphatic carbocycles. The van der Waals surface area contributed by atoms with E-state index < -0.39 is 6.10 Å². The summed E-state index contributed by atoms with van der Waals surface area (Å²) in [6.07, 6.45) is 0.966. The predicted molar refractivity (Wildman–Crippen MR) is 81.5 cm³/mol. The van der Waals surface area contributed by atoms with Crippen molar-refractivity contribution in [1.82, 2.24) is 14.8 Å². The molecule has 2 aromatic rings. The number of hydrogen-bond acceptors (Lipinski definition) is 4. The van der Waals surface area contributed by atoms with Crippen LogP contribution in [0.15, 0.2) is 18.2 Å². The second-order valence-corrected chi connectivity index (χ2v) is 6.17. The van der Waals surface area contributed by atoms with Gasteiger partial charge >= 0.3 is 0 Å². The summed E-state index contributed by atoms with van der Waals surface area (Å²) in [5.74, 6) is 1.82. The first-order valence-corrected chi connectivity index (χ1v) is 7.40. The summed E-state index contributed by atoms with van der Waals surface area (Å²) in [6.45, 7) is 6.05. The van der Waals surface area contributed by atoms with Crippen molar-refractivity contribution in [3.63, 3.8) is 0 Å². The van der Waals surface area contributed by atoms with Crippen LogP contribution < -0.4 is 5.73 Å². The van der Waals surface area contributed by atoms with Crippen molar-refractivity contribution >= 4 is 0 Å². The van der Waals surface area contributed by atoms with Crippen LogP contribution in [0.4, 0.5) is 0 Å². The van der Waals surface area contributed by atoms with Crippen LogP contribution in [-0.2, 0) is 0 Å². The van der Waals surface area contributed by atoms with Gasteiger partial charge in [0.15, 0.2) is 0 Å². The van der Waals surface area contributed by atoms with Crippen molar-refractivity contribution in [2.45, 2.75) is 51.7 Å². The molecule has 0 saturated heterocycles. The van der Waals surface area contributed by atoms with Gasteiger partial charge in [0.05, 0.1) is 11.8 Å². The van der Waals surface area contributed by atoms with Crippen molar-refractivity contribution in [1.29, 1.82) is 0 Å². The third-order valence-electron chi connectivity index (χ3n) is 4.13. The van der Waals surface area contributed by atoms with Crippen LogP contribution in [0.25, 0.3) is 5.69 Å². The molecular weight excluding hydrogens is 264 g/mol. The average molecular weight is 286 g/mol. The Balaban J connectivity index is 2.04. The standard InChI is InChI=1S/C16H22N4O/c1-9-4-10(2)6-13(5-9)20-16(18-11(3)19-20)12-7-14(17)15(21)8-12/h4-6,12,14-15,21H,7-8,17H2,1-3H3/t12-,14+,15+/m0/s1. The van der Waals surface area contributed by atoms with E-state index in [-0.39, 0.29) is 12.0 Å². The van der Waals surface area contributed by atoms with Crippen molar-refractivity contribution in [2.75, 3.05) is 0 Å². The molecule has 5 nitrogen and oxygen atoms in total. The Labute approximate surface area is 124 Å². The summed E-state index contributed by atoms with van der Waals surface area (Å²) >= 11 is 0. The van der Waals surface area contributed by atoms with Crippen molar-refractivity contribution in [3.05, 3.63) is 41.0 Å². The van der Waals surface area contributed by atoms with Gasteiger partial charge in [0.2, 0.25) is 0 Å². The van der Waals surface area contributed by atoms with Crippen LogP contribution >= 0.6 is 0 Å². The molecule has 5 heteroatoms. The lowest BCUT2D eigenvalue weighted by molar-refractivity contribution is 0.163. The Kier molecular flexibility index (Phi) is 3.55. The van der Waals surface area contributed by atoms with E-state index in [9.17, 15) is 5.11 Å². The van der Waals surface area contributed by atoms with E-state index in [1.165, 1.54) is 11.1 Å². The highest BCUT2D eigenvalue weighted by atomic mass is 16.3. The molecule has 3 atom stereocenters. The fourth-order valence-electron chi connectivity index (χ4n) is 3.22. The van der Waals surface area contributed by atoms with Gasteiger partial charge in [-0.25, -0.2) is 9.67 Å². The minimum Gasteiger partial charge on any atom is -0.391 e. The third kappa shape index (κ3) is 2.71. The lowest BCUT2D eigenvalue weighted by Crippen LogP contribution is -2.28. The van der Waals surface area contributed by atoms with Crippen LogP contribution in [0.2, 0.25) is 0 Å². The van der Waals surface area contributed by atoms with Crippen LogP contribution in [-0.4, -0.2) is 32.0 Å². The molecule has 112 valence electrons. The molecule has 0 spiro atoms. The first-order valence-electron chi connectivity index (χ1n) is 7.40. The summed E-state index contributed by atoms with van der Waals surface area (Å²) in [6, 6.07) is 6.19.